The molecule has 0 saturated heterocycles. The van der Waals surface area contributed by atoms with E-state index in [1.54, 1.807) is 24.3 Å². The average molecular weight is 422 g/mol. The van der Waals surface area contributed by atoms with Gasteiger partial charge in [-0.3, -0.25) is 14.4 Å². The van der Waals surface area contributed by atoms with Gasteiger partial charge in [0.25, 0.3) is 5.91 Å². The minimum Gasteiger partial charge on any atom is -0.484 e. The van der Waals surface area contributed by atoms with Crippen LogP contribution in [0.4, 0.5) is 5.69 Å². The van der Waals surface area contributed by atoms with Gasteiger partial charge in [-0.1, -0.05) is 50.2 Å². The molecule has 0 aliphatic carbocycles. The molecule has 0 fully saturated rings. The minimum absolute atomic E-state index is 0.218. The number of esters is 1. The number of fused-ring (bicyclic) bond motifs is 1. The molecule has 1 aliphatic rings. The van der Waals surface area contributed by atoms with Crippen LogP contribution < -0.4 is 15.0 Å². The zero-order chi connectivity index (χ0) is 22.4. The lowest BCUT2D eigenvalue weighted by atomic mass is 9.83. The van der Waals surface area contributed by atoms with Gasteiger partial charge in [-0.15, -0.1) is 0 Å². The van der Waals surface area contributed by atoms with Crippen LogP contribution in [0.5, 0.6) is 5.75 Å². The van der Waals surface area contributed by atoms with Crippen molar-refractivity contribution in [3.8, 4) is 5.75 Å². The Kier molecular flexibility index (Phi) is 6.74. The van der Waals surface area contributed by atoms with Gasteiger partial charge in [0.1, 0.15) is 12.3 Å². The van der Waals surface area contributed by atoms with Gasteiger partial charge in [0.15, 0.2) is 19.0 Å². The summed E-state index contributed by atoms with van der Waals surface area (Å²) in [6, 6.07) is 16.8. The van der Waals surface area contributed by atoms with Crippen LogP contribution >= 0.6 is 0 Å². The molecule has 1 N–H and O–H groups in total. The average Bonchev–Trinajstić information content (AvgIpc) is 2.96. The number of rotatable bonds is 8. The molecule has 0 saturated carbocycles. The molecule has 0 spiro atoms. The maximum atomic E-state index is 12.4. The monoisotopic (exact) mass is 422 g/mol. The second kappa shape index (κ2) is 9.47. The summed E-state index contributed by atoms with van der Waals surface area (Å²) in [5.41, 5.74) is 2.68. The predicted molar refractivity (Wildman–Crippen MR) is 117 cm³/mol. The van der Waals surface area contributed by atoms with Gasteiger partial charge in [-0.25, -0.2) is 0 Å². The lowest BCUT2D eigenvalue weighted by Gasteiger charge is -2.23. The second-order valence-corrected chi connectivity index (χ2v) is 7.74. The van der Waals surface area contributed by atoms with Crippen molar-refractivity contribution in [3.63, 3.8) is 0 Å². The Morgan fingerprint density at radius 3 is 2.39 bits per heavy atom. The first-order valence-corrected chi connectivity index (χ1v) is 9.97. The molecule has 7 nitrogen and oxygen atoms in total. The first-order chi connectivity index (χ1) is 14.8. The topological polar surface area (TPSA) is 84.9 Å². The van der Waals surface area contributed by atoms with Crippen LogP contribution in [-0.2, 0) is 24.5 Å². The third kappa shape index (κ3) is 5.31. The normalized spacial score (nSPS) is 15.3. The molecule has 0 radical (unpaired) electrons. The van der Waals surface area contributed by atoms with Crippen molar-refractivity contribution in [2.24, 2.45) is 0 Å². The smallest absolute Gasteiger partial charge is 0.325 e. The van der Waals surface area contributed by atoms with Crippen molar-refractivity contribution in [3.05, 3.63) is 71.9 Å². The van der Waals surface area contributed by atoms with Crippen LogP contribution in [0.1, 0.15) is 19.4 Å². The number of benzene rings is 2. The number of carbonyl (C=O) groups is 3. The van der Waals surface area contributed by atoms with Crippen LogP contribution in [0.15, 0.2) is 66.4 Å². The van der Waals surface area contributed by atoms with E-state index in [4.69, 9.17) is 9.47 Å². The molecular formula is C24H26N2O5. The molecule has 0 bridgehead atoms. The number of carbonyl (C=O) groups excluding carboxylic acids is 3. The number of allylic oxidation sites excluding steroid dienone is 1. The Hall–Kier alpha value is -3.61. The van der Waals surface area contributed by atoms with E-state index in [0.29, 0.717) is 5.75 Å². The second-order valence-electron chi connectivity index (χ2n) is 7.74. The molecule has 1 aliphatic heterocycles. The highest BCUT2D eigenvalue weighted by Gasteiger charge is 2.38. The highest BCUT2D eigenvalue weighted by Crippen LogP contribution is 2.46. The zero-order valence-electron chi connectivity index (χ0n) is 17.9. The highest BCUT2D eigenvalue weighted by molar-refractivity contribution is 5.94. The van der Waals surface area contributed by atoms with Gasteiger partial charge in [-0.05, 0) is 23.8 Å². The summed E-state index contributed by atoms with van der Waals surface area (Å²) in [6.07, 6.45) is 1.51. The Bertz CT molecular complexity index is 998. The number of ether oxygens (including phenoxy) is 2. The number of ketones is 1. The third-order valence-electron chi connectivity index (χ3n) is 5.16. The van der Waals surface area contributed by atoms with Gasteiger partial charge in [0.2, 0.25) is 0 Å². The van der Waals surface area contributed by atoms with Gasteiger partial charge in [-0.2, -0.15) is 0 Å². The summed E-state index contributed by atoms with van der Waals surface area (Å²) in [7, 11) is 1.91. The quantitative estimate of drug-likeness (QED) is 0.520. The van der Waals surface area contributed by atoms with Crippen molar-refractivity contribution >= 4 is 23.3 Å². The highest BCUT2D eigenvalue weighted by atomic mass is 16.5. The van der Waals surface area contributed by atoms with E-state index >= 15 is 0 Å². The fraction of sp³-hybridized carbons (Fsp3) is 0.292. The number of hydrogen-bond acceptors (Lipinski definition) is 6. The third-order valence-corrected chi connectivity index (χ3v) is 5.16. The molecule has 2 aromatic carbocycles. The van der Waals surface area contributed by atoms with Crippen LogP contribution in [-0.4, -0.2) is 44.5 Å². The summed E-state index contributed by atoms with van der Waals surface area (Å²) in [4.78, 5) is 38.0. The standard InChI is InChI=1S/C24H26N2O5/c1-24(2)19-11-7-8-12-20(19)26(3)21(24)13-17(27)15-31-23(29)14-25-22(28)16-30-18-9-5-4-6-10-18/h4-13H,14-16H2,1-3H3,(H,25,28)/b21-13-. The van der Waals surface area contributed by atoms with E-state index in [-0.39, 0.29) is 31.0 Å². The lowest BCUT2D eigenvalue weighted by Crippen LogP contribution is -2.34. The van der Waals surface area contributed by atoms with E-state index in [0.717, 1.165) is 16.9 Å². The molecule has 0 aromatic heterocycles. The Morgan fingerprint density at radius 2 is 1.68 bits per heavy atom. The van der Waals surface area contributed by atoms with Crippen molar-refractivity contribution < 1.29 is 23.9 Å². The molecule has 1 heterocycles. The number of nitrogens with zero attached hydrogens (tertiary/aromatic N) is 1. The Labute approximate surface area is 181 Å². The zero-order valence-corrected chi connectivity index (χ0v) is 17.9. The molecule has 2 aromatic rings. The summed E-state index contributed by atoms with van der Waals surface area (Å²) < 4.78 is 10.3. The van der Waals surface area contributed by atoms with Crippen LogP contribution in [0, 0.1) is 0 Å². The molecule has 1 amide bonds. The van der Waals surface area contributed by atoms with E-state index in [1.165, 1.54) is 6.08 Å². The summed E-state index contributed by atoms with van der Waals surface area (Å²) in [5.74, 6) is -0.917. The summed E-state index contributed by atoms with van der Waals surface area (Å²) in [5, 5.41) is 2.41. The first-order valence-electron chi connectivity index (χ1n) is 9.97. The number of nitrogens with one attached hydrogen (secondary N) is 1. The molecule has 7 heteroatoms. The molecule has 0 unspecified atom stereocenters. The van der Waals surface area contributed by atoms with Crippen molar-refractivity contribution in [2.75, 3.05) is 31.7 Å². The van der Waals surface area contributed by atoms with Gasteiger partial charge in [0, 0.05) is 29.9 Å². The van der Waals surface area contributed by atoms with Crippen molar-refractivity contribution in [2.45, 2.75) is 19.3 Å². The molecule has 3 rings (SSSR count). The largest absolute Gasteiger partial charge is 0.484 e. The molecule has 31 heavy (non-hydrogen) atoms. The number of amides is 1. The van der Waals surface area contributed by atoms with Crippen LogP contribution in [0.2, 0.25) is 0 Å². The minimum atomic E-state index is -0.692. The number of likely N-dealkylation sites (N-methyl/N-ethyl adjacent to an activating group) is 1. The summed E-state index contributed by atoms with van der Waals surface area (Å²) >= 11 is 0. The summed E-state index contributed by atoms with van der Waals surface area (Å²) in [6.45, 7) is 3.15. The van der Waals surface area contributed by atoms with Crippen molar-refractivity contribution in [1.29, 1.82) is 0 Å². The Morgan fingerprint density at radius 1 is 1.00 bits per heavy atom. The van der Waals surface area contributed by atoms with Crippen LogP contribution in [0.25, 0.3) is 0 Å². The molecule has 0 atom stereocenters. The SMILES string of the molecule is CN1/C(=C\C(=O)COC(=O)CNC(=O)COc2ccccc2)C(C)(C)c2ccccc21. The predicted octanol–water partition coefficient (Wildman–Crippen LogP) is 2.61. The van der Waals surface area contributed by atoms with E-state index < -0.39 is 11.9 Å². The van der Waals surface area contributed by atoms with E-state index in [2.05, 4.69) is 5.32 Å². The fourth-order valence-electron chi connectivity index (χ4n) is 3.54. The number of anilines is 1. The van der Waals surface area contributed by atoms with Gasteiger partial charge < -0.3 is 19.7 Å². The van der Waals surface area contributed by atoms with E-state index in [9.17, 15) is 14.4 Å². The van der Waals surface area contributed by atoms with E-state index in [1.807, 2.05) is 56.1 Å². The lowest BCUT2D eigenvalue weighted by molar-refractivity contribution is -0.147. The first kappa shape index (κ1) is 22.1. The molecular weight excluding hydrogens is 396 g/mol. The van der Waals surface area contributed by atoms with Crippen molar-refractivity contribution in [1.82, 2.24) is 5.32 Å². The van der Waals surface area contributed by atoms with Gasteiger partial charge in [0.05, 0.1) is 0 Å². The maximum Gasteiger partial charge on any atom is 0.325 e. The number of para-hydroxylation sites is 2. The Balaban J connectivity index is 1.45. The fourth-order valence-corrected chi connectivity index (χ4v) is 3.54. The van der Waals surface area contributed by atoms with Gasteiger partial charge >= 0.3 is 5.97 Å². The molecule has 162 valence electrons. The van der Waals surface area contributed by atoms with Crippen LogP contribution in [0.3, 0.4) is 0 Å². The number of hydrogen-bond donors (Lipinski definition) is 1. The maximum absolute atomic E-state index is 12.4.